The molecule has 2 heterocycles. The monoisotopic (exact) mass is 387 g/mol. The van der Waals surface area contributed by atoms with Gasteiger partial charge in [0.25, 0.3) is 5.88 Å². The molecule has 1 aliphatic rings. The molecule has 1 saturated heterocycles. The highest BCUT2D eigenvalue weighted by molar-refractivity contribution is 5.49. The van der Waals surface area contributed by atoms with Crippen molar-refractivity contribution in [2.45, 2.75) is 59.2 Å². The van der Waals surface area contributed by atoms with E-state index in [-0.39, 0.29) is 17.5 Å². The van der Waals surface area contributed by atoms with E-state index in [1.165, 1.54) is 6.07 Å². The van der Waals surface area contributed by atoms with Crippen LogP contribution < -0.4 is 14.4 Å². The Kier molecular flexibility index (Phi) is 6.06. The number of hydrogen-bond donors (Lipinski definition) is 0. The van der Waals surface area contributed by atoms with E-state index in [0.29, 0.717) is 17.5 Å². The first-order valence-corrected chi connectivity index (χ1v) is 9.92. The van der Waals surface area contributed by atoms with Gasteiger partial charge in [-0.1, -0.05) is 12.1 Å². The number of ether oxygens (including phenoxy) is 2. The number of piperidine rings is 1. The van der Waals surface area contributed by atoms with Crippen LogP contribution in [0.3, 0.4) is 0 Å². The Balaban J connectivity index is 1.65. The molecule has 1 aliphatic heterocycles. The van der Waals surface area contributed by atoms with E-state index < -0.39 is 0 Å². The molecular weight excluding hydrogens is 357 g/mol. The van der Waals surface area contributed by atoms with Crippen LogP contribution in [0.2, 0.25) is 0 Å². The Morgan fingerprint density at radius 2 is 1.86 bits per heavy atom. The van der Waals surface area contributed by atoms with Crippen molar-refractivity contribution in [1.82, 2.24) is 9.97 Å². The van der Waals surface area contributed by atoms with Gasteiger partial charge in [0.05, 0.1) is 18.0 Å². The van der Waals surface area contributed by atoms with Crippen LogP contribution in [0.25, 0.3) is 0 Å². The molecule has 2 aromatic rings. The minimum absolute atomic E-state index is 0.0482. The molecule has 0 N–H and O–H groups in total. The zero-order valence-electron chi connectivity index (χ0n) is 17.4. The predicted octanol–water partition coefficient (Wildman–Crippen LogP) is 4.79. The summed E-state index contributed by atoms with van der Waals surface area (Å²) in [6, 6.07) is 6.57. The second-order valence-electron chi connectivity index (χ2n) is 8.43. The van der Waals surface area contributed by atoms with Crippen LogP contribution in [0.1, 0.15) is 46.2 Å². The maximum atomic E-state index is 13.9. The predicted molar refractivity (Wildman–Crippen MR) is 109 cm³/mol. The van der Waals surface area contributed by atoms with Gasteiger partial charge in [-0.15, -0.1) is 0 Å². The molecule has 0 bridgehead atoms. The number of para-hydroxylation sites is 1. The van der Waals surface area contributed by atoms with E-state index in [2.05, 4.69) is 14.9 Å². The number of nitrogens with zero attached hydrogens (tertiary/aromatic N) is 3. The van der Waals surface area contributed by atoms with Crippen molar-refractivity contribution in [2.24, 2.45) is 5.92 Å². The van der Waals surface area contributed by atoms with E-state index in [1.807, 2.05) is 34.6 Å². The molecule has 1 atom stereocenters. The Morgan fingerprint density at radius 1 is 1.18 bits per heavy atom. The second-order valence-corrected chi connectivity index (χ2v) is 8.43. The molecular formula is C22H30FN3O2. The lowest BCUT2D eigenvalue weighted by molar-refractivity contribution is 0.120. The van der Waals surface area contributed by atoms with Crippen molar-refractivity contribution in [3.8, 4) is 11.6 Å². The van der Waals surface area contributed by atoms with Gasteiger partial charge < -0.3 is 14.4 Å². The first kappa shape index (κ1) is 20.4. The van der Waals surface area contributed by atoms with Gasteiger partial charge in [-0.3, -0.25) is 0 Å². The number of anilines is 1. The van der Waals surface area contributed by atoms with Crippen molar-refractivity contribution in [3.63, 3.8) is 0 Å². The molecule has 28 heavy (non-hydrogen) atoms. The van der Waals surface area contributed by atoms with Crippen LogP contribution in [0.4, 0.5) is 10.2 Å². The average molecular weight is 387 g/mol. The summed E-state index contributed by atoms with van der Waals surface area (Å²) >= 11 is 0. The molecule has 1 fully saturated rings. The molecule has 1 aromatic heterocycles. The van der Waals surface area contributed by atoms with Gasteiger partial charge in [-0.05, 0) is 65.5 Å². The van der Waals surface area contributed by atoms with Crippen LogP contribution in [-0.4, -0.2) is 34.8 Å². The Bertz CT molecular complexity index is 799. The number of benzene rings is 1. The summed E-state index contributed by atoms with van der Waals surface area (Å²) < 4.78 is 25.8. The van der Waals surface area contributed by atoms with Crippen molar-refractivity contribution in [3.05, 3.63) is 42.0 Å². The molecule has 3 rings (SSSR count). The molecule has 1 aromatic carbocycles. The van der Waals surface area contributed by atoms with E-state index in [9.17, 15) is 4.39 Å². The maximum Gasteiger partial charge on any atom is 0.258 e. The standard InChI is InChI=1S/C22H30FN3O2/c1-15-14-24-21(28-22(3,4)5)20(25-15)26-12-10-17(11-13-26)16(2)27-19-9-7-6-8-18(19)23/h6-9,14,16-17H,10-13H2,1-5H3. The SMILES string of the molecule is Cc1cnc(OC(C)(C)C)c(N2CCC(C(C)Oc3ccccc3F)CC2)n1. The maximum absolute atomic E-state index is 13.9. The quantitative estimate of drug-likeness (QED) is 0.738. The first-order chi connectivity index (χ1) is 13.2. The summed E-state index contributed by atoms with van der Waals surface area (Å²) in [5, 5.41) is 0. The van der Waals surface area contributed by atoms with Crippen molar-refractivity contribution < 1.29 is 13.9 Å². The zero-order valence-corrected chi connectivity index (χ0v) is 17.4. The lowest BCUT2D eigenvalue weighted by Crippen LogP contribution is -2.39. The molecule has 152 valence electrons. The topological polar surface area (TPSA) is 47.5 Å². The van der Waals surface area contributed by atoms with Crippen LogP contribution in [-0.2, 0) is 0 Å². The van der Waals surface area contributed by atoms with Gasteiger partial charge in [-0.2, -0.15) is 0 Å². The van der Waals surface area contributed by atoms with Gasteiger partial charge in [0.1, 0.15) is 5.60 Å². The number of aromatic nitrogens is 2. The van der Waals surface area contributed by atoms with E-state index in [4.69, 9.17) is 9.47 Å². The third-order valence-electron chi connectivity index (χ3n) is 4.90. The van der Waals surface area contributed by atoms with Crippen molar-refractivity contribution in [1.29, 1.82) is 0 Å². The van der Waals surface area contributed by atoms with Gasteiger partial charge in [0, 0.05) is 13.1 Å². The fourth-order valence-corrected chi connectivity index (χ4v) is 3.44. The number of rotatable bonds is 5. The first-order valence-electron chi connectivity index (χ1n) is 9.92. The molecule has 6 heteroatoms. The van der Waals surface area contributed by atoms with Crippen molar-refractivity contribution >= 4 is 5.82 Å². The smallest absolute Gasteiger partial charge is 0.258 e. The third kappa shape index (κ3) is 5.12. The van der Waals surface area contributed by atoms with Crippen LogP contribution in [0, 0.1) is 18.7 Å². The molecule has 0 amide bonds. The summed E-state index contributed by atoms with van der Waals surface area (Å²) in [7, 11) is 0. The molecule has 0 radical (unpaired) electrons. The van der Waals surface area contributed by atoms with E-state index in [0.717, 1.165) is 37.4 Å². The minimum atomic E-state index is -0.334. The summed E-state index contributed by atoms with van der Waals surface area (Å²) in [5.74, 6) is 1.75. The van der Waals surface area contributed by atoms with Gasteiger partial charge >= 0.3 is 0 Å². The lowest BCUT2D eigenvalue weighted by Gasteiger charge is -2.36. The van der Waals surface area contributed by atoms with Crippen LogP contribution >= 0.6 is 0 Å². The Labute approximate surface area is 166 Å². The van der Waals surface area contributed by atoms with Crippen LogP contribution in [0.15, 0.2) is 30.5 Å². The molecule has 0 spiro atoms. The third-order valence-corrected chi connectivity index (χ3v) is 4.90. The summed E-state index contributed by atoms with van der Waals surface area (Å²) in [6.07, 6.45) is 3.58. The highest BCUT2D eigenvalue weighted by atomic mass is 19.1. The van der Waals surface area contributed by atoms with Crippen molar-refractivity contribution in [2.75, 3.05) is 18.0 Å². The highest BCUT2D eigenvalue weighted by Crippen LogP contribution is 2.32. The van der Waals surface area contributed by atoms with Crippen LogP contribution in [0.5, 0.6) is 11.6 Å². The Morgan fingerprint density at radius 3 is 2.50 bits per heavy atom. The summed E-state index contributed by atoms with van der Waals surface area (Å²) in [5.41, 5.74) is 0.536. The molecule has 0 saturated carbocycles. The van der Waals surface area contributed by atoms with Gasteiger partial charge in [0.2, 0.25) is 0 Å². The molecule has 0 aliphatic carbocycles. The van der Waals surface area contributed by atoms with E-state index in [1.54, 1.807) is 24.4 Å². The summed E-state index contributed by atoms with van der Waals surface area (Å²) in [4.78, 5) is 11.4. The zero-order chi connectivity index (χ0) is 20.3. The fraction of sp³-hybridized carbons (Fsp3) is 0.545. The Hall–Kier alpha value is -2.37. The number of aryl methyl sites for hydroxylation is 1. The average Bonchev–Trinajstić information content (AvgIpc) is 2.64. The minimum Gasteiger partial charge on any atom is -0.487 e. The largest absolute Gasteiger partial charge is 0.487 e. The molecule has 5 nitrogen and oxygen atoms in total. The summed E-state index contributed by atoms with van der Waals surface area (Å²) in [6.45, 7) is 11.7. The van der Waals surface area contributed by atoms with E-state index >= 15 is 0 Å². The van der Waals surface area contributed by atoms with Gasteiger partial charge in [0.15, 0.2) is 17.4 Å². The highest BCUT2D eigenvalue weighted by Gasteiger charge is 2.29. The molecule has 1 unspecified atom stereocenters. The second kappa shape index (κ2) is 8.33. The van der Waals surface area contributed by atoms with Gasteiger partial charge in [-0.25, -0.2) is 14.4 Å². The number of hydrogen-bond acceptors (Lipinski definition) is 5. The fourth-order valence-electron chi connectivity index (χ4n) is 3.44. The lowest BCUT2D eigenvalue weighted by atomic mass is 9.92. The normalized spacial score (nSPS) is 16.7. The number of halogens is 1.